The van der Waals surface area contributed by atoms with Crippen LogP contribution in [-0.4, -0.2) is 20.8 Å². The molecule has 0 aromatic carbocycles. The van der Waals surface area contributed by atoms with Gasteiger partial charge >= 0.3 is 0 Å². The van der Waals surface area contributed by atoms with E-state index >= 15 is 0 Å². The summed E-state index contributed by atoms with van der Waals surface area (Å²) in [7, 11) is 0. The van der Waals surface area contributed by atoms with Crippen molar-refractivity contribution in [1.29, 1.82) is 0 Å². The summed E-state index contributed by atoms with van der Waals surface area (Å²) in [6.07, 6.45) is 3.84. The van der Waals surface area contributed by atoms with Gasteiger partial charge in [0.1, 0.15) is 5.82 Å². The van der Waals surface area contributed by atoms with Crippen molar-refractivity contribution in [3.63, 3.8) is 0 Å². The van der Waals surface area contributed by atoms with E-state index in [2.05, 4.69) is 49.9 Å². The Morgan fingerprint density at radius 2 is 1.82 bits per heavy atom. The molecule has 1 N–H and O–H groups in total. The maximum Gasteiger partial charge on any atom is 0.138 e. The van der Waals surface area contributed by atoms with Crippen molar-refractivity contribution < 1.29 is 0 Å². The first kappa shape index (κ1) is 14.5. The third-order valence-electron chi connectivity index (χ3n) is 2.11. The van der Waals surface area contributed by atoms with Gasteiger partial charge in [0.2, 0.25) is 0 Å². The molecule has 0 radical (unpaired) electrons. The normalized spacial score (nSPS) is 12.1. The Morgan fingerprint density at radius 1 is 1.24 bits per heavy atom. The van der Waals surface area contributed by atoms with Gasteiger partial charge in [0.25, 0.3) is 0 Å². The lowest BCUT2D eigenvalue weighted by molar-refractivity contribution is 0.586. The molecule has 0 aliphatic carbocycles. The largest absolute Gasteiger partial charge is 0.310 e. The quantitative estimate of drug-likeness (QED) is 0.875. The van der Waals surface area contributed by atoms with E-state index in [-0.39, 0.29) is 4.75 Å². The summed E-state index contributed by atoms with van der Waals surface area (Å²) in [6, 6.07) is 0.492. The van der Waals surface area contributed by atoms with Gasteiger partial charge in [-0.2, -0.15) is 0 Å². The molecular formula is C13H23N3S. The van der Waals surface area contributed by atoms with Crippen LogP contribution in [0.4, 0.5) is 0 Å². The molecule has 0 spiro atoms. The van der Waals surface area contributed by atoms with Gasteiger partial charge in [0.15, 0.2) is 0 Å². The van der Waals surface area contributed by atoms with Crippen LogP contribution in [0.2, 0.25) is 0 Å². The van der Waals surface area contributed by atoms with Crippen LogP contribution in [0.5, 0.6) is 0 Å². The van der Waals surface area contributed by atoms with Crippen LogP contribution in [-0.2, 0) is 12.3 Å². The van der Waals surface area contributed by atoms with E-state index in [0.29, 0.717) is 6.04 Å². The van der Waals surface area contributed by atoms with Crippen molar-refractivity contribution in [2.45, 2.75) is 57.7 Å². The van der Waals surface area contributed by atoms with Crippen LogP contribution in [0, 0.1) is 0 Å². The molecule has 0 bridgehead atoms. The summed E-state index contributed by atoms with van der Waals surface area (Å²) in [4.78, 5) is 8.78. The molecular weight excluding hydrogens is 230 g/mol. The van der Waals surface area contributed by atoms with Crippen LogP contribution >= 0.6 is 11.8 Å². The molecule has 0 aliphatic heterocycles. The predicted molar refractivity (Wildman–Crippen MR) is 75.1 cm³/mol. The summed E-state index contributed by atoms with van der Waals surface area (Å²) in [6.45, 7) is 11.7. The fraction of sp³-hybridized carbons (Fsp3) is 0.692. The molecule has 0 atom stereocenters. The van der Waals surface area contributed by atoms with Crippen molar-refractivity contribution in [1.82, 2.24) is 15.3 Å². The highest BCUT2D eigenvalue weighted by Gasteiger charge is 2.11. The van der Waals surface area contributed by atoms with Crippen molar-refractivity contribution in [3.05, 3.63) is 23.8 Å². The first-order chi connectivity index (χ1) is 7.87. The second kappa shape index (κ2) is 6.36. The average molecular weight is 253 g/mol. The first-order valence-electron chi connectivity index (χ1n) is 6.04. The summed E-state index contributed by atoms with van der Waals surface area (Å²) in [5.74, 6) is 1.79. The number of thioether (sulfide) groups is 1. The number of nitrogens with one attached hydrogen (secondary N) is 1. The number of aromatic nitrogens is 2. The van der Waals surface area contributed by atoms with Gasteiger partial charge < -0.3 is 5.32 Å². The van der Waals surface area contributed by atoms with Gasteiger partial charge in [-0.3, -0.25) is 0 Å². The minimum atomic E-state index is 0.265. The van der Waals surface area contributed by atoms with Crippen molar-refractivity contribution in [2.75, 3.05) is 0 Å². The molecule has 1 aromatic heterocycles. The molecule has 96 valence electrons. The topological polar surface area (TPSA) is 37.8 Å². The molecule has 4 heteroatoms. The Morgan fingerprint density at radius 3 is 2.29 bits per heavy atom. The number of nitrogens with zero attached hydrogens (tertiary/aromatic N) is 2. The van der Waals surface area contributed by atoms with Gasteiger partial charge in [-0.1, -0.05) is 34.6 Å². The van der Waals surface area contributed by atoms with Gasteiger partial charge in [0, 0.05) is 35.3 Å². The van der Waals surface area contributed by atoms with Crippen molar-refractivity contribution in [3.8, 4) is 0 Å². The van der Waals surface area contributed by atoms with E-state index in [9.17, 15) is 0 Å². The maximum atomic E-state index is 4.39. The zero-order valence-corrected chi connectivity index (χ0v) is 12.3. The highest BCUT2D eigenvalue weighted by Crippen LogP contribution is 2.25. The third-order valence-corrected chi connectivity index (χ3v) is 3.38. The molecule has 0 saturated heterocycles. The van der Waals surface area contributed by atoms with E-state index in [1.807, 2.05) is 24.2 Å². The Bertz CT molecular complexity index is 328. The van der Waals surface area contributed by atoms with Gasteiger partial charge in [-0.15, -0.1) is 11.8 Å². The van der Waals surface area contributed by atoms with Crippen LogP contribution in [0.25, 0.3) is 0 Å². The Hall–Kier alpha value is -0.610. The monoisotopic (exact) mass is 253 g/mol. The molecule has 1 aromatic rings. The standard InChI is InChI=1S/C13H23N3S/c1-10(2)14-6-11-7-15-12(16-8-11)9-17-13(3,4)5/h7-8,10,14H,6,9H2,1-5H3. The van der Waals surface area contributed by atoms with Crippen LogP contribution in [0.3, 0.4) is 0 Å². The van der Waals surface area contributed by atoms with Crippen molar-refractivity contribution in [2.24, 2.45) is 0 Å². The number of hydrogen-bond acceptors (Lipinski definition) is 4. The van der Waals surface area contributed by atoms with E-state index in [1.54, 1.807) is 0 Å². The number of hydrogen-bond donors (Lipinski definition) is 1. The lowest BCUT2D eigenvalue weighted by atomic mass is 10.3. The second-order valence-electron chi connectivity index (χ2n) is 5.44. The molecule has 1 rings (SSSR count). The number of rotatable bonds is 5. The third kappa shape index (κ3) is 6.64. The van der Waals surface area contributed by atoms with Gasteiger partial charge in [-0.05, 0) is 0 Å². The predicted octanol–water partition coefficient (Wildman–Crippen LogP) is 3.01. The zero-order chi connectivity index (χ0) is 12.9. The van der Waals surface area contributed by atoms with Crippen LogP contribution in [0.15, 0.2) is 12.4 Å². The molecule has 0 fully saturated rings. The lowest BCUT2D eigenvalue weighted by Crippen LogP contribution is -2.22. The Balaban J connectivity index is 2.45. The fourth-order valence-corrected chi connectivity index (χ4v) is 1.86. The van der Waals surface area contributed by atoms with Crippen LogP contribution in [0.1, 0.15) is 46.0 Å². The van der Waals surface area contributed by atoms with Crippen LogP contribution < -0.4 is 5.32 Å². The molecule has 0 amide bonds. The Kier molecular flexibility index (Phi) is 5.40. The van der Waals surface area contributed by atoms with E-state index in [4.69, 9.17) is 0 Å². The lowest BCUT2D eigenvalue weighted by Gasteiger charge is -2.16. The zero-order valence-electron chi connectivity index (χ0n) is 11.4. The molecule has 0 unspecified atom stereocenters. The average Bonchev–Trinajstić information content (AvgIpc) is 2.24. The van der Waals surface area contributed by atoms with Crippen molar-refractivity contribution >= 4 is 11.8 Å². The highest BCUT2D eigenvalue weighted by atomic mass is 32.2. The van der Waals surface area contributed by atoms with E-state index in [1.165, 1.54) is 0 Å². The highest BCUT2D eigenvalue weighted by molar-refractivity contribution is 7.99. The SMILES string of the molecule is CC(C)NCc1cnc(CSC(C)(C)C)nc1. The molecule has 1 heterocycles. The smallest absolute Gasteiger partial charge is 0.138 e. The summed E-state index contributed by atoms with van der Waals surface area (Å²) in [5.41, 5.74) is 1.14. The molecule has 3 nitrogen and oxygen atoms in total. The molecule has 17 heavy (non-hydrogen) atoms. The first-order valence-corrected chi connectivity index (χ1v) is 7.02. The van der Waals surface area contributed by atoms with Gasteiger partial charge in [0.05, 0.1) is 5.75 Å². The summed E-state index contributed by atoms with van der Waals surface area (Å²) >= 11 is 1.87. The molecule has 0 saturated carbocycles. The van der Waals surface area contributed by atoms with Gasteiger partial charge in [-0.25, -0.2) is 9.97 Å². The fourth-order valence-electron chi connectivity index (χ4n) is 1.15. The molecule has 0 aliphatic rings. The minimum absolute atomic E-state index is 0.265. The summed E-state index contributed by atoms with van der Waals surface area (Å²) < 4.78 is 0.265. The second-order valence-corrected chi connectivity index (χ2v) is 7.25. The minimum Gasteiger partial charge on any atom is -0.310 e. The maximum absolute atomic E-state index is 4.39. The van der Waals surface area contributed by atoms with E-state index in [0.717, 1.165) is 23.7 Å². The van der Waals surface area contributed by atoms with E-state index < -0.39 is 0 Å². The summed E-state index contributed by atoms with van der Waals surface area (Å²) in [5, 5.41) is 3.35. The Labute approximate surface area is 109 Å².